The Morgan fingerprint density at radius 1 is 0.359 bits per heavy atom. The maximum atomic E-state index is 6.47. The molecule has 0 N–H and O–H groups in total. The molecule has 0 aliphatic rings. The molecule has 10 aromatic rings. The molecule has 0 atom stereocenters. The van der Waals surface area contributed by atoms with Gasteiger partial charge in [-0.25, -0.2) is 0 Å². The van der Waals surface area contributed by atoms with E-state index in [9.17, 15) is 0 Å². The normalized spacial score (nSPS) is 12.6. The highest BCUT2D eigenvalue weighted by molar-refractivity contribution is 6.38. The van der Waals surface area contributed by atoms with E-state index in [4.69, 9.17) is 8.83 Å². The van der Waals surface area contributed by atoms with Gasteiger partial charge in [-0.1, -0.05) is 66.7 Å². The summed E-state index contributed by atoms with van der Waals surface area (Å²) in [5.41, 5.74) is 7.08. The molecular weight excluding hydrogens is 478 g/mol. The van der Waals surface area contributed by atoms with E-state index in [-0.39, 0.29) is 0 Å². The van der Waals surface area contributed by atoms with Crippen LogP contribution in [0, 0.1) is 0 Å². The predicted octanol–water partition coefficient (Wildman–Crippen LogP) is 10.3. The highest BCUT2D eigenvalue weighted by Crippen LogP contribution is 2.47. The highest BCUT2D eigenvalue weighted by atomic mass is 16.3. The average Bonchev–Trinajstić information content (AvgIpc) is 3.64. The lowest BCUT2D eigenvalue weighted by Gasteiger charge is -2.08. The Hall–Kier alpha value is -5.28. The fourth-order valence-corrected chi connectivity index (χ4v) is 6.99. The van der Waals surface area contributed by atoms with Crippen molar-refractivity contribution in [2.75, 3.05) is 0 Å². The summed E-state index contributed by atoms with van der Waals surface area (Å²) < 4.78 is 15.2. The molecule has 0 saturated heterocycles. The quantitative estimate of drug-likeness (QED) is 0.226. The second kappa shape index (κ2) is 6.77. The zero-order valence-corrected chi connectivity index (χ0v) is 20.7. The Balaban J connectivity index is 1.48. The molecule has 0 aliphatic heterocycles. The molecule has 0 bridgehead atoms. The van der Waals surface area contributed by atoms with Crippen molar-refractivity contribution in [2.24, 2.45) is 0 Å². The third-order valence-corrected chi connectivity index (χ3v) is 8.54. The first-order chi connectivity index (χ1) is 19.3. The Morgan fingerprint density at radius 3 is 1.85 bits per heavy atom. The number of fused-ring (bicyclic) bond motifs is 6. The van der Waals surface area contributed by atoms with E-state index in [2.05, 4.69) is 108 Å². The van der Waals surface area contributed by atoms with Crippen LogP contribution in [-0.2, 0) is 0 Å². The van der Waals surface area contributed by atoms with Gasteiger partial charge in [0.05, 0.1) is 11.0 Å². The van der Waals surface area contributed by atoms with E-state index in [0.29, 0.717) is 0 Å². The van der Waals surface area contributed by atoms with Crippen LogP contribution in [0.4, 0.5) is 0 Å². The largest absolute Gasteiger partial charge is 0.456 e. The van der Waals surface area contributed by atoms with E-state index in [1.54, 1.807) is 0 Å². The second-order valence-electron chi connectivity index (χ2n) is 10.5. The van der Waals surface area contributed by atoms with E-state index >= 15 is 0 Å². The minimum atomic E-state index is 0.895. The van der Waals surface area contributed by atoms with E-state index in [1.807, 2.05) is 12.1 Å². The van der Waals surface area contributed by atoms with Crippen molar-refractivity contribution < 1.29 is 8.83 Å². The molecule has 7 aromatic carbocycles. The molecule has 3 nitrogen and oxygen atoms in total. The maximum Gasteiger partial charge on any atom is 0.137 e. The summed E-state index contributed by atoms with van der Waals surface area (Å²) in [6.07, 6.45) is 0. The van der Waals surface area contributed by atoms with Crippen LogP contribution in [0.2, 0.25) is 0 Å². The van der Waals surface area contributed by atoms with Gasteiger partial charge in [-0.05, 0) is 64.0 Å². The van der Waals surface area contributed by atoms with E-state index in [1.165, 1.54) is 48.6 Å². The Kier molecular flexibility index (Phi) is 3.44. The zero-order valence-electron chi connectivity index (χ0n) is 20.7. The van der Waals surface area contributed by atoms with Crippen LogP contribution in [0.3, 0.4) is 0 Å². The number of para-hydroxylation sites is 1. The second-order valence-corrected chi connectivity index (χ2v) is 10.5. The van der Waals surface area contributed by atoms with E-state index in [0.717, 1.165) is 44.3 Å². The van der Waals surface area contributed by atoms with Crippen LogP contribution in [0.1, 0.15) is 0 Å². The number of nitrogens with zero attached hydrogens (tertiary/aromatic N) is 1. The van der Waals surface area contributed by atoms with Crippen molar-refractivity contribution in [3.05, 3.63) is 115 Å². The molecule has 180 valence electrons. The van der Waals surface area contributed by atoms with Crippen LogP contribution in [0.5, 0.6) is 0 Å². The van der Waals surface area contributed by atoms with Gasteiger partial charge < -0.3 is 13.4 Å². The molecule has 0 aliphatic carbocycles. The molecule has 3 heterocycles. The Bertz CT molecular complexity index is 2610. The van der Waals surface area contributed by atoms with Gasteiger partial charge >= 0.3 is 0 Å². The molecule has 3 heteroatoms. The number of hydrogen-bond donors (Lipinski definition) is 0. The summed E-state index contributed by atoms with van der Waals surface area (Å²) in [5.74, 6) is 0. The third kappa shape index (κ3) is 2.35. The van der Waals surface area contributed by atoms with Crippen LogP contribution < -0.4 is 0 Å². The molecule has 0 amide bonds. The van der Waals surface area contributed by atoms with Crippen molar-refractivity contribution in [1.29, 1.82) is 0 Å². The van der Waals surface area contributed by atoms with Gasteiger partial charge in [0.15, 0.2) is 0 Å². The third-order valence-electron chi connectivity index (χ3n) is 8.54. The maximum absolute atomic E-state index is 6.47. The summed E-state index contributed by atoms with van der Waals surface area (Å²) in [7, 11) is 0. The predicted molar refractivity (Wildman–Crippen MR) is 162 cm³/mol. The van der Waals surface area contributed by atoms with Crippen LogP contribution >= 0.6 is 0 Å². The number of furan rings is 2. The Labute approximate surface area is 221 Å². The summed E-state index contributed by atoms with van der Waals surface area (Å²) in [6.45, 7) is 0. The lowest BCUT2D eigenvalue weighted by molar-refractivity contribution is 0.668. The number of rotatable bonds is 1. The SMILES string of the molecule is c1ccc2c(c1)oc1cc(-n3c4cccc5c6ccccc6c6cccc7oc8ccc3c(c8c76)c54)ccc12. The van der Waals surface area contributed by atoms with Gasteiger partial charge in [-0.3, -0.25) is 0 Å². The van der Waals surface area contributed by atoms with E-state index < -0.39 is 0 Å². The molecule has 0 unspecified atom stereocenters. The molecule has 3 aromatic heterocycles. The first-order valence-corrected chi connectivity index (χ1v) is 13.3. The zero-order chi connectivity index (χ0) is 25.2. The summed E-state index contributed by atoms with van der Waals surface area (Å²) >= 11 is 0. The smallest absolute Gasteiger partial charge is 0.137 e. The number of hydrogen-bond acceptors (Lipinski definition) is 2. The van der Waals surface area contributed by atoms with Gasteiger partial charge in [-0.2, -0.15) is 0 Å². The summed E-state index contributed by atoms with van der Waals surface area (Å²) in [4.78, 5) is 0. The van der Waals surface area contributed by atoms with Gasteiger partial charge in [-0.15, -0.1) is 0 Å². The Morgan fingerprint density at radius 2 is 0.974 bits per heavy atom. The van der Waals surface area contributed by atoms with Gasteiger partial charge in [0.2, 0.25) is 0 Å². The number of aromatic nitrogens is 1. The monoisotopic (exact) mass is 497 g/mol. The van der Waals surface area contributed by atoms with Gasteiger partial charge in [0, 0.05) is 44.1 Å². The highest BCUT2D eigenvalue weighted by Gasteiger charge is 2.23. The molecule has 0 saturated carbocycles. The average molecular weight is 498 g/mol. The fourth-order valence-electron chi connectivity index (χ4n) is 6.99. The minimum absolute atomic E-state index is 0.895. The molecule has 0 spiro atoms. The van der Waals surface area contributed by atoms with Crippen LogP contribution in [-0.4, -0.2) is 4.57 Å². The van der Waals surface area contributed by atoms with Gasteiger partial charge in [0.25, 0.3) is 0 Å². The van der Waals surface area contributed by atoms with Crippen molar-refractivity contribution in [3.8, 4) is 5.69 Å². The molecular formula is C36H19NO2. The standard InChI is InChI=1S/C36H19NO2/c1-2-8-22-21(7-1)25-10-5-12-27-33(25)35-28(17-18-31-36(35)34-26(22)11-6-14-30(34)39-31)37(27)20-15-16-24-23-9-3-4-13-29(23)38-32(24)19-20/h1-19H. The first kappa shape index (κ1) is 19.8. The summed E-state index contributed by atoms with van der Waals surface area (Å²) in [5, 5.41) is 12.1. The molecule has 0 fully saturated rings. The topological polar surface area (TPSA) is 31.2 Å². The molecule has 39 heavy (non-hydrogen) atoms. The fraction of sp³-hybridized carbons (Fsp3) is 0. The van der Waals surface area contributed by atoms with Crippen molar-refractivity contribution >= 4 is 87.2 Å². The lowest BCUT2D eigenvalue weighted by atomic mass is 9.95. The van der Waals surface area contributed by atoms with Crippen molar-refractivity contribution in [3.63, 3.8) is 0 Å². The van der Waals surface area contributed by atoms with Crippen molar-refractivity contribution in [2.45, 2.75) is 0 Å². The van der Waals surface area contributed by atoms with Crippen LogP contribution in [0.25, 0.3) is 92.9 Å². The van der Waals surface area contributed by atoms with Gasteiger partial charge in [0.1, 0.15) is 22.3 Å². The number of benzene rings is 6. The summed E-state index contributed by atoms with van der Waals surface area (Å²) in [6, 6.07) is 41.0. The molecule has 10 rings (SSSR count). The lowest BCUT2D eigenvalue weighted by Crippen LogP contribution is -1.93. The molecule has 0 radical (unpaired) electrons. The van der Waals surface area contributed by atoms with Crippen LogP contribution in [0.15, 0.2) is 124 Å². The van der Waals surface area contributed by atoms with Crippen molar-refractivity contribution in [1.82, 2.24) is 4.57 Å². The minimum Gasteiger partial charge on any atom is -0.456 e. The first-order valence-electron chi connectivity index (χ1n) is 13.3.